The van der Waals surface area contributed by atoms with Gasteiger partial charge >= 0.3 is 0 Å². The predicted octanol–water partition coefficient (Wildman–Crippen LogP) is 2.83. The van der Waals surface area contributed by atoms with Gasteiger partial charge in [0.15, 0.2) is 0 Å². The summed E-state index contributed by atoms with van der Waals surface area (Å²) in [4.78, 5) is 14.9. The molecule has 0 aliphatic carbocycles. The number of nitrogens with two attached hydrogens (primary N) is 1. The van der Waals surface area contributed by atoms with Gasteiger partial charge in [0.05, 0.1) is 18.9 Å². The third kappa shape index (κ3) is 2.95. The molecule has 3 rings (SSSR count). The van der Waals surface area contributed by atoms with Crippen LogP contribution in [0.3, 0.4) is 0 Å². The Morgan fingerprint density at radius 2 is 1.76 bits per heavy atom. The van der Waals surface area contributed by atoms with Crippen molar-refractivity contribution in [3.05, 3.63) is 76.1 Å². The van der Waals surface area contributed by atoms with Crippen LogP contribution in [0, 0.1) is 0 Å². The first-order valence-corrected chi connectivity index (χ1v) is 6.75. The maximum Gasteiger partial charge on any atom is 0.212 e. The standard InChI is InChI=1S/C17H16N2O2/c18-15-9-19-16-8-13(6-7-14(16)17(15)20)11-21-10-12-4-2-1-3-5-12/h1-9H,10-11,18H2,(H,19,20). The van der Waals surface area contributed by atoms with Crippen LogP contribution < -0.4 is 11.2 Å². The van der Waals surface area contributed by atoms with Crippen molar-refractivity contribution >= 4 is 16.6 Å². The summed E-state index contributed by atoms with van der Waals surface area (Å²) in [5.74, 6) is 0. The third-order valence-corrected chi connectivity index (χ3v) is 3.35. The molecule has 0 bridgehead atoms. The molecule has 1 aromatic heterocycles. The number of H-pyrrole nitrogens is 1. The lowest BCUT2D eigenvalue weighted by atomic mass is 10.1. The maximum absolute atomic E-state index is 11.9. The summed E-state index contributed by atoms with van der Waals surface area (Å²) in [6, 6.07) is 15.6. The molecule has 3 N–H and O–H groups in total. The highest BCUT2D eigenvalue weighted by Gasteiger charge is 2.03. The molecule has 0 atom stereocenters. The number of aromatic amines is 1. The number of aromatic nitrogens is 1. The SMILES string of the molecule is Nc1c[nH]c2cc(COCc3ccccc3)ccc2c1=O. The lowest BCUT2D eigenvalue weighted by molar-refractivity contribution is 0.107. The number of benzene rings is 2. The highest BCUT2D eigenvalue weighted by Crippen LogP contribution is 2.13. The van der Waals surface area contributed by atoms with Gasteiger partial charge in [-0.3, -0.25) is 4.79 Å². The van der Waals surface area contributed by atoms with Crippen molar-refractivity contribution in [1.82, 2.24) is 4.98 Å². The van der Waals surface area contributed by atoms with Gasteiger partial charge < -0.3 is 15.5 Å². The van der Waals surface area contributed by atoms with Gasteiger partial charge in [-0.1, -0.05) is 36.4 Å². The van der Waals surface area contributed by atoms with E-state index in [4.69, 9.17) is 10.5 Å². The number of rotatable bonds is 4. The third-order valence-electron chi connectivity index (χ3n) is 3.35. The van der Waals surface area contributed by atoms with E-state index in [0.29, 0.717) is 18.6 Å². The molecule has 0 unspecified atom stereocenters. The number of nitrogen functional groups attached to an aromatic ring is 1. The molecule has 0 fully saturated rings. The lowest BCUT2D eigenvalue weighted by Gasteiger charge is -2.06. The summed E-state index contributed by atoms with van der Waals surface area (Å²) in [7, 11) is 0. The van der Waals surface area contributed by atoms with Gasteiger partial charge in [-0.05, 0) is 23.3 Å². The van der Waals surface area contributed by atoms with E-state index in [1.54, 1.807) is 6.07 Å². The van der Waals surface area contributed by atoms with Crippen LogP contribution in [-0.2, 0) is 18.0 Å². The van der Waals surface area contributed by atoms with Crippen LogP contribution in [0.25, 0.3) is 10.9 Å². The Bertz CT molecular complexity index is 810. The fraction of sp³-hybridized carbons (Fsp3) is 0.118. The van der Waals surface area contributed by atoms with Crippen molar-refractivity contribution in [2.45, 2.75) is 13.2 Å². The van der Waals surface area contributed by atoms with Crippen molar-refractivity contribution in [2.24, 2.45) is 0 Å². The Labute approximate surface area is 122 Å². The molecular formula is C17H16N2O2. The monoisotopic (exact) mass is 280 g/mol. The maximum atomic E-state index is 11.9. The molecule has 0 saturated carbocycles. The molecule has 0 amide bonds. The molecule has 1 heterocycles. The summed E-state index contributed by atoms with van der Waals surface area (Å²) < 4.78 is 5.69. The molecular weight excluding hydrogens is 264 g/mol. The number of ether oxygens (including phenoxy) is 1. The van der Waals surface area contributed by atoms with Gasteiger partial charge in [-0.2, -0.15) is 0 Å². The van der Waals surface area contributed by atoms with Gasteiger partial charge in [0, 0.05) is 17.1 Å². The Hall–Kier alpha value is -2.59. The fourth-order valence-electron chi connectivity index (χ4n) is 2.24. The molecule has 3 aromatic rings. The Morgan fingerprint density at radius 3 is 2.57 bits per heavy atom. The van der Waals surface area contributed by atoms with E-state index in [9.17, 15) is 4.79 Å². The molecule has 21 heavy (non-hydrogen) atoms. The summed E-state index contributed by atoms with van der Waals surface area (Å²) in [5.41, 5.74) is 8.62. The number of hydrogen-bond donors (Lipinski definition) is 2. The first-order chi connectivity index (χ1) is 10.2. The molecule has 4 heteroatoms. The number of hydrogen-bond acceptors (Lipinski definition) is 3. The largest absolute Gasteiger partial charge is 0.394 e. The van der Waals surface area contributed by atoms with E-state index >= 15 is 0 Å². The molecule has 0 saturated heterocycles. The van der Waals surface area contributed by atoms with E-state index in [0.717, 1.165) is 16.6 Å². The Balaban J connectivity index is 1.73. The van der Waals surface area contributed by atoms with Crippen molar-refractivity contribution in [2.75, 3.05) is 5.73 Å². The second-order valence-electron chi connectivity index (χ2n) is 4.93. The smallest absolute Gasteiger partial charge is 0.212 e. The van der Waals surface area contributed by atoms with Gasteiger partial charge in [0.1, 0.15) is 0 Å². The number of nitrogens with one attached hydrogen (secondary N) is 1. The minimum Gasteiger partial charge on any atom is -0.394 e. The molecule has 0 radical (unpaired) electrons. The van der Waals surface area contributed by atoms with E-state index < -0.39 is 0 Å². The average Bonchev–Trinajstić information content (AvgIpc) is 2.52. The zero-order valence-corrected chi connectivity index (χ0v) is 11.5. The highest BCUT2D eigenvalue weighted by molar-refractivity contribution is 5.81. The second-order valence-corrected chi connectivity index (χ2v) is 4.93. The van der Waals surface area contributed by atoms with Crippen LogP contribution in [0.2, 0.25) is 0 Å². The van der Waals surface area contributed by atoms with Crippen molar-refractivity contribution in [3.8, 4) is 0 Å². The van der Waals surface area contributed by atoms with Crippen LogP contribution in [0.5, 0.6) is 0 Å². The van der Waals surface area contributed by atoms with Crippen molar-refractivity contribution in [3.63, 3.8) is 0 Å². The zero-order chi connectivity index (χ0) is 14.7. The Kier molecular flexibility index (Phi) is 3.71. The van der Waals surface area contributed by atoms with Crippen molar-refractivity contribution in [1.29, 1.82) is 0 Å². The van der Waals surface area contributed by atoms with E-state index in [1.807, 2.05) is 42.5 Å². The van der Waals surface area contributed by atoms with Crippen LogP contribution in [-0.4, -0.2) is 4.98 Å². The summed E-state index contributed by atoms with van der Waals surface area (Å²) in [5, 5.41) is 0.599. The zero-order valence-electron chi connectivity index (χ0n) is 11.5. The molecule has 4 nitrogen and oxygen atoms in total. The fourth-order valence-corrected chi connectivity index (χ4v) is 2.24. The molecule has 0 aliphatic rings. The topological polar surface area (TPSA) is 68.1 Å². The first kappa shape index (κ1) is 13.4. The Morgan fingerprint density at radius 1 is 1.00 bits per heavy atom. The van der Waals surface area contributed by atoms with E-state index in [-0.39, 0.29) is 11.1 Å². The molecule has 2 aromatic carbocycles. The average molecular weight is 280 g/mol. The minimum absolute atomic E-state index is 0.138. The second kappa shape index (κ2) is 5.81. The quantitative estimate of drug-likeness (QED) is 0.772. The van der Waals surface area contributed by atoms with Gasteiger partial charge in [-0.15, -0.1) is 0 Å². The van der Waals surface area contributed by atoms with Crippen LogP contribution in [0.1, 0.15) is 11.1 Å². The minimum atomic E-state index is -0.138. The summed E-state index contributed by atoms with van der Waals surface area (Å²) in [6.07, 6.45) is 1.53. The molecule has 106 valence electrons. The highest BCUT2D eigenvalue weighted by atomic mass is 16.5. The van der Waals surface area contributed by atoms with Crippen molar-refractivity contribution < 1.29 is 4.74 Å². The summed E-state index contributed by atoms with van der Waals surface area (Å²) in [6.45, 7) is 1.06. The van der Waals surface area contributed by atoms with Crippen LogP contribution in [0.15, 0.2) is 59.5 Å². The van der Waals surface area contributed by atoms with E-state index in [1.165, 1.54) is 6.20 Å². The van der Waals surface area contributed by atoms with E-state index in [2.05, 4.69) is 4.98 Å². The molecule has 0 aliphatic heterocycles. The van der Waals surface area contributed by atoms with Crippen LogP contribution in [0.4, 0.5) is 5.69 Å². The van der Waals surface area contributed by atoms with Gasteiger partial charge in [0.25, 0.3) is 0 Å². The number of anilines is 1. The van der Waals surface area contributed by atoms with Gasteiger partial charge in [-0.25, -0.2) is 0 Å². The summed E-state index contributed by atoms with van der Waals surface area (Å²) >= 11 is 0. The lowest BCUT2D eigenvalue weighted by Crippen LogP contribution is -2.09. The predicted molar refractivity (Wildman–Crippen MR) is 83.9 cm³/mol. The first-order valence-electron chi connectivity index (χ1n) is 6.75. The number of pyridine rings is 1. The molecule has 0 spiro atoms. The normalized spacial score (nSPS) is 10.9. The van der Waals surface area contributed by atoms with Gasteiger partial charge in [0.2, 0.25) is 5.43 Å². The number of fused-ring (bicyclic) bond motifs is 1. The van der Waals surface area contributed by atoms with Crippen LogP contribution >= 0.6 is 0 Å².